The smallest absolute Gasteiger partial charge is 0.341 e. The van der Waals surface area contributed by atoms with Crippen LogP contribution in [0.1, 0.15) is 52.1 Å². The first kappa shape index (κ1) is 35.8. The second kappa shape index (κ2) is 17.3. The molecule has 50 heavy (non-hydrogen) atoms. The van der Waals surface area contributed by atoms with Gasteiger partial charge in [0.1, 0.15) is 16.3 Å². The van der Waals surface area contributed by atoms with E-state index in [1.165, 1.54) is 23.1 Å². The lowest BCUT2D eigenvalue weighted by atomic mass is 10.0. The third-order valence-corrected chi connectivity index (χ3v) is 9.76. The Kier molecular flexibility index (Phi) is 12.4. The Balaban J connectivity index is 1.32. The molecule has 0 saturated carbocycles. The normalized spacial score (nSPS) is 11.7. The highest BCUT2D eigenvalue weighted by Crippen LogP contribution is 2.37. The van der Waals surface area contributed by atoms with Gasteiger partial charge in [0.25, 0.3) is 11.8 Å². The SMILES string of the molecule is CCOC(=O)c1c(-c2ccccc2)csc1NC(=O)C(CC)Sc1cccc(NC(=O)/C(=C\c2cccc(C)c2)NC(=O)c2ccccc2)c1. The summed E-state index contributed by atoms with van der Waals surface area (Å²) in [7, 11) is 0. The van der Waals surface area contributed by atoms with Crippen LogP contribution < -0.4 is 16.0 Å². The van der Waals surface area contributed by atoms with Gasteiger partial charge in [-0.1, -0.05) is 91.3 Å². The van der Waals surface area contributed by atoms with Crippen LogP contribution in [0.4, 0.5) is 10.7 Å². The number of nitrogens with one attached hydrogen (secondary N) is 3. The molecule has 1 unspecified atom stereocenters. The summed E-state index contributed by atoms with van der Waals surface area (Å²) in [4.78, 5) is 54.0. The van der Waals surface area contributed by atoms with Crippen molar-refractivity contribution < 1.29 is 23.9 Å². The third kappa shape index (κ3) is 9.37. The van der Waals surface area contributed by atoms with Gasteiger partial charge in [-0.3, -0.25) is 14.4 Å². The van der Waals surface area contributed by atoms with Gasteiger partial charge < -0.3 is 20.7 Å². The molecule has 3 amide bonds. The van der Waals surface area contributed by atoms with E-state index in [1.807, 2.05) is 86.0 Å². The van der Waals surface area contributed by atoms with Crippen LogP contribution in [-0.2, 0) is 14.3 Å². The van der Waals surface area contributed by atoms with Gasteiger partial charge in [0.15, 0.2) is 0 Å². The number of esters is 1. The van der Waals surface area contributed by atoms with Crippen LogP contribution in [0.2, 0.25) is 0 Å². The molecule has 0 bridgehead atoms. The Hall–Kier alpha value is -5.45. The van der Waals surface area contributed by atoms with Crippen molar-refractivity contribution in [3.8, 4) is 11.1 Å². The summed E-state index contributed by atoms with van der Waals surface area (Å²) in [5.41, 5.74) is 4.65. The number of thioether (sulfide) groups is 1. The number of rotatable bonds is 13. The van der Waals surface area contributed by atoms with Gasteiger partial charge in [-0.25, -0.2) is 4.79 Å². The van der Waals surface area contributed by atoms with Gasteiger partial charge in [0.05, 0.1) is 11.9 Å². The van der Waals surface area contributed by atoms with Gasteiger partial charge >= 0.3 is 5.97 Å². The first-order valence-corrected chi connectivity index (χ1v) is 17.9. The van der Waals surface area contributed by atoms with Crippen molar-refractivity contribution in [1.29, 1.82) is 0 Å². The Morgan fingerprint density at radius 2 is 1.56 bits per heavy atom. The molecule has 0 aliphatic heterocycles. The van der Waals surface area contributed by atoms with Crippen LogP contribution in [0, 0.1) is 6.92 Å². The van der Waals surface area contributed by atoms with Crippen molar-refractivity contribution in [2.45, 2.75) is 37.3 Å². The number of carbonyl (C=O) groups is 4. The zero-order valence-corrected chi connectivity index (χ0v) is 29.5. The van der Waals surface area contributed by atoms with Crippen molar-refractivity contribution >= 4 is 63.6 Å². The lowest BCUT2D eigenvalue weighted by Gasteiger charge is -2.16. The van der Waals surface area contributed by atoms with E-state index in [1.54, 1.807) is 55.5 Å². The highest BCUT2D eigenvalue weighted by Gasteiger charge is 2.26. The van der Waals surface area contributed by atoms with Crippen molar-refractivity contribution in [2.75, 3.05) is 17.2 Å². The van der Waals surface area contributed by atoms with Crippen LogP contribution >= 0.6 is 23.1 Å². The van der Waals surface area contributed by atoms with Crippen LogP contribution in [0.15, 0.2) is 125 Å². The Labute approximate surface area is 300 Å². The minimum atomic E-state index is -0.500. The number of benzene rings is 4. The summed E-state index contributed by atoms with van der Waals surface area (Å²) < 4.78 is 5.35. The molecule has 1 atom stereocenters. The molecule has 0 aliphatic carbocycles. The maximum atomic E-state index is 13.6. The summed E-state index contributed by atoms with van der Waals surface area (Å²) in [6, 6.07) is 33.0. The molecule has 0 spiro atoms. The molecule has 10 heteroatoms. The molecule has 5 rings (SSSR count). The lowest BCUT2D eigenvalue weighted by Crippen LogP contribution is -2.30. The predicted molar refractivity (Wildman–Crippen MR) is 202 cm³/mol. The topological polar surface area (TPSA) is 114 Å². The monoisotopic (exact) mass is 703 g/mol. The number of carbonyl (C=O) groups excluding carboxylic acids is 4. The zero-order chi connectivity index (χ0) is 35.5. The van der Waals surface area contributed by atoms with Crippen LogP contribution in [0.25, 0.3) is 17.2 Å². The summed E-state index contributed by atoms with van der Waals surface area (Å²) in [6.07, 6.45) is 2.14. The molecule has 0 radical (unpaired) electrons. The van der Waals surface area contributed by atoms with E-state index in [0.717, 1.165) is 21.6 Å². The fourth-order valence-electron chi connectivity index (χ4n) is 5.08. The van der Waals surface area contributed by atoms with Gasteiger partial charge in [-0.15, -0.1) is 23.1 Å². The number of anilines is 2. The fourth-order valence-corrected chi connectivity index (χ4v) is 7.05. The Bertz CT molecular complexity index is 2010. The molecule has 0 aliphatic rings. The molecule has 3 N–H and O–H groups in total. The van der Waals surface area contributed by atoms with Crippen LogP contribution in [0.5, 0.6) is 0 Å². The average Bonchev–Trinajstić information content (AvgIpc) is 3.54. The minimum absolute atomic E-state index is 0.0801. The largest absolute Gasteiger partial charge is 0.462 e. The van der Waals surface area contributed by atoms with Crippen molar-refractivity contribution in [1.82, 2.24) is 5.32 Å². The second-order valence-corrected chi connectivity index (χ2v) is 13.4. The summed E-state index contributed by atoms with van der Waals surface area (Å²) in [5.74, 6) is -1.66. The van der Waals surface area contributed by atoms with Crippen LogP contribution in [-0.4, -0.2) is 35.5 Å². The first-order valence-electron chi connectivity index (χ1n) is 16.1. The number of hydrogen-bond donors (Lipinski definition) is 3. The highest BCUT2D eigenvalue weighted by molar-refractivity contribution is 8.00. The van der Waals surface area contributed by atoms with E-state index in [9.17, 15) is 19.2 Å². The number of ether oxygens (including phenoxy) is 1. The standard InChI is InChI=1S/C40H37N3O5S2/c1-4-34(38(46)43-39-35(40(47)48-5-2)32(25-49-39)28-16-8-6-9-17-28)50-31-21-13-20-30(24-31)41-37(45)33(23-27-15-12-14-26(3)22-27)42-36(44)29-18-10-7-11-19-29/h6-25,34H,4-5H2,1-3H3,(H,41,45)(H,42,44)(H,43,46)/b33-23+. The summed E-state index contributed by atoms with van der Waals surface area (Å²) >= 11 is 2.63. The minimum Gasteiger partial charge on any atom is -0.462 e. The molecule has 0 saturated heterocycles. The van der Waals surface area contributed by atoms with E-state index in [-0.39, 0.29) is 18.2 Å². The maximum absolute atomic E-state index is 13.6. The highest BCUT2D eigenvalue weighted by atomic mass is 32.2. The first-order chi connectivity index (χ1) is 24.2. The van der Waals surface area contributed by atoms with Crippen molar-refractivity contribution in [3.63, 3.8) is 0 Å². The summed E-state index contributed by atoms with van der Waals surface area (Å²) in [5, 5.41) is 10.4. The predicted octanol–water partition coefficient (Wildman–Crippen LogP) is 8.82. The maximum Gasteiger partial charge on any atom is 0.341 e. The molecular weight excluding hydrogens is 667 g/mol. The zero-order valence-electron chi connectivity index (χ0n) is 27.9. The average molecular weight is 704 g/mol. The van der Waals surface area contributed by atoms with E-state index in [4.69, 9.17) is 4.74 Å². The second-order valence-electron chi connectivity index (χ2n) is 11.2. The Morgan fingerprint density at radius 1 is 0.840 bits per heavy atom. The van der Waals surface area contributed by atoms with E-state index < -0.39 is 23.0 Å². The van der Waals surface area contributed by atoms with Gasteiger partial charge in [-0.2, -0.15) is 0 Å². The molecule has 1 aromatic heterocycles. The number of thiophene rings is 1. The lowest BCUT2D eigenvalue weighted by molar-refractivity contribution is -0.116. The van der Waals surface area contributed by atoms with Gasteiger partial charge in [0.2, 0.25) is 5.91 Å². The van der Waals surface area contributed by atoms with E-state index in [2.05, 4.69) is 16.0 Å². The molecule has 8 nitrogen and oxygen atoms in total. The molecule has 5 aromatic rings. The molecule has 4 aromatic carbocycles. The number of hydrogen-bond acceptors (Lipinski definition) is 7. The quantitative estimate of drug-likeness (QED) is 0.0642. The van der Waals surface area contributed by atoms with E-state index >= 15 is 0 Å². The van der Waals surface area contributed by atoms with Crippen LogP contribution in [0.3, 0.4) is 0 Å². The van der Waals surface area contributed by atoms with E-state index in [0.29, 0.717) is 33.8 Å². The summed E-state index contributed by atoms with van der Waals surface area (Å²) in [6.45, 7) is 5.82. The van der Waals surface area contributed by atoms with Gasteiger partial charge in [-0.05, 0) is 67.8 Å². The fraction of sp³-hybridized carbons (Fsp3) is 0.150. The van der Waals surface area contributed by atoms with Gasteiger partial charge in [0, 0.05) is 27.1 Å². The van der Waals surface area contributed by atoms with Crippen molar-refractivity contribution in [2.24, 2.45) is 0 Å². The molecular formula is C40H37N3O5S2. The number of aryl methyl sites for hydroxylation is 1. The number of amides is 3. The third-order valence-electron chi connectivity index (χ3n) is 7.51. The molecule has 0 fully saturated rings. The van der Waals surface area contributed by atoms with Crippen molar-refractivity contribution in [3.05, 3.63) is 143 Å². The molecule has 1 heterocycles. The Morgan fingerprint density at radius 3 is 2.26 bits per heavy atom. The molecule has 254 valence electrons.